The van der Waals surface area contributed by atoms with Crippen LogP contribution in [0.5, 0.6) is 11.5 Å². The third-order valence-electron chi connectivity index (χ3n) is 8.01. The van der Waals surface area contributed by atoms with Gasteiger partial charge in [-0.05, 0) is 55.1 Å². The molecule has 0 spiro atoms. The number of nitrogens with zero attached hydrogens (tertiary/aromatic N) is 1. The predicted molar refractivity (Wildman–Crippen MR) is 132 cm³/mol. The van der Waals surface area contributed by atoms with Crippen molar-refractivity contribution >= 4 is 16.8 Å². The van der Waals surface area contributed by atoms with Gasteiger partial charge in [0, 0.05) is 23.1 Å². The minimum Gasteiger partial charge on any atom is -0.454 e. The second kappa shape index (κ2) is 8.99. The summed E-state index contributed by atoms with van der Waals surface area (Å²) in [5.41, 5.74) is 4.61. The summed E-state index contributed by atoms with van der Waals surface area (Å²) in [6.07, 6.45) is 8.45. The Morgan fingerprint density at radius 1 is 1.09 bits per heavy atom. The number of hydrogen-bond acceptors (Lipinski definition) is 4. The first kappa shape index (κ1) is 21.5. The van der Waals surface area contributed by atoms with Gasteiger partial charge in [-0.3, -0.25) is 9.69 Å². The van der Waals surface area contributed by atoms with E-state index < -0.39 is 0 Å². The number of aromatic amines is 1. The number of ether oxygens (including phenoxy) is 2. The number of aromatic nitrogens is 1. The van der Waals surface area contributed by atoms with E-state index in [4.69, 9.17) is 9.47 Å². The molecule has 1 amide bonds. The van der Waals surface area contributed by atoms with Gasteiger partial charge in [0.15, 0.2) is 11.5 Å². The highest BCUT2D eigenvalue weighted by atomic mass is 16.7. The van der Waals surface area contributed by atoms with Crippen molar-refractivity contribution in [1.29, 1.82) is 0 Å². The second-order valence-corrected chi connectivity index (χ2v) is 10.0. The van der Waals surface area contributed by atoms with Gasteiger partial charge in [0.1, 0.15) is 0 Å². The van der Waals surface area contributed by atoms with Crippen LogP contribution in [0.4, 0.5) is 0 Å². The third kappa shape index (κ3) is 3.84. The summed E-state index contributed by atoms with van der Waals surface area (Å²) in [5.74, 6) is 2.43. The van der Waals surface area contributed by atoms with Crippen LogP contribution in [-0.4, -0.2) is 42.2 Å². The van der Waals surface area contributed by atoms with Gasteiger partial charge in [-0.2, -0.15) is 0 Å². The number of nitrogens with one attached hydrogen (secondary N) is 2. The lowest BCUT2D eigenvalue weighted by Gasteiger charge is -2.39. The zero-order valence-electron chi connectivity index (χ0n) is 19.8. The molecule has 0 unspecified atom stereocenters. The molecule has 0 bridgehead atoms. The predicted octanol–water partition coefficient (Wildman–Crippen LogP) is 4.93. The molecule has 2 aliphatic heterocycles. The van der Waals surface area contributed by atoms with Crippen molar-refractivity contribution in [1.82, 2.24) is 15.2 Å². The van der Waals surface area contributed by atoms with E-state index in [-0.39, 0.29) is 24.8 Å². The van der Waals surface area contributed by atoms with Gasteiger partial charge < -0.3 is 19.8 Å². The maximum absolute atomic E-state index is 13.5. The Kier molecular flexibility index (Phi) is 5.69. The molecule has 1 aromatic heterocycles. The van der Waals surface area contributed by atoms with Crippen LogP contribution < -0.4 is 14.8 Å². The number of hydrogen-bond donors (Lipinski definition) is 2. The zero-order chi connectivity index (χ0) is 23.1. The number of benzene rings is 2. The first-order chi connectivity index (χ1) is 16.7. The largest absolute Gasteiger partial charge is 0.454 e. The molecule has 34 heavy (non-hydrogen) atoms. The smallest absolute Gasteiger partial charge is 0.237 e. The van der Waals surface area contributed by atoms with E-state index in [0.29, 0.717) is 6.42 Å². The van der Waals surface area contributed by atoms with Crippen LogP contribution in [0.25, 0.3) is 10.9 Å². The van der Waals surface area contributed by atoms with Gasteiger partial charge in [0.2, 0.25) is 12.7 Å². The number of fused-ring (bicyclic) bond motifs is 4. The molecule has 2 atom stereocenters. The van der Waals surface area contributed by atoms with Gasteiger partial charge in [-0.1, -0.05) is 56.4 Å². The monoisotopic (exact) mass is 459 g/mol. The Labute approximate surface area is 200 Å². The lowest BCUT2D eigenvalue weighted by atomic mass is 9.86. The maximum atomic E-state index is 13.5. The van der Waals surface area contributed by atoms with Crippen molar-refractivity contribution < 1.29 is 14.3 Å². The average molecular weight is 460 g/mol. The van der Waals surface area contributed by atoms with Crippen molar-refractivity contribution in [2.75, 3.05) is 20.4 Å². The van der Waals surface area contributed by atoms with E-state index >= 15 is 0 Å². The topological polar surface area (TPSA) is 66.6 Å². The van der Waals surface area contributed by atoms with E-state index in [0.717, 1.165) is 47.2 Å². The average Bonchev–Trinajstić information content (AvgIpc) is 3.48. The minimum atomic E-state index is -0.228. The molecule has 1 aliphatic carbocycles. The fraction of sp³-hybridized carbons (Fsp3) is 0.464. The Morgan fingerprint density at radius 2 is 1.91 bits per heavy atom. The van der Waals surface area contributed by atoms with Crippen LogP contribution in [-0.2, 0) is 11.2 Å². The van der Waals surface area contributed by atoms with E-state index in [2.05, 4.69) is 58.6 Å². The lowest BCUT2D eigenvalue weighted by molar-refractivity contribution is -0.127. The molecule has 6 rings (SSSR count). The molecular formula is C28H33N3O3. The Bertz CT molecular complexity index is 1200. The van der Waals surface area contributed by atoms with Crippen LogP contribution in [0.15, 0.2) is 42.5 Å². The zero-order valence-corrected chi connectivity index (χ0v) is 19.8. The third-order valence-corrected chi connectivity index (χ3v) is 8.01. The first-order valence-corrected chi connectivity index (χ1v) is 12.7. The maximum Gasteiger partial charge on any atom is 0.237 e. The van der Waals surface area contributed by atoms with Crippen molar-refractivity contribution in [2.45, 2.75) is 57.0 Å². The van der Waals surface area contributed by atoms with Crippen LogP contribution in [0, 0.1) is 5.92 Å². The van der Waals surface area contributed by atoms with Crippen LogP contribution in [0.2, 0.25) is 0 Å². The van der Waals surface area contributed by atoms with Gasteiger partial charge in [-0.25, -0.2) is 0 Å². The van der Waals surface area contributed by atoms with Crippen LogP contribution in [0.3, 0.4) is 0 Å². The molecule has 1 fully saturated rings. The molecule has 6 heteroatoms. The summed E-state index contributed by atoms with van der Waals surface area (Å²) in [5, 5.41) is 4.48. The van der Waals surface area contributed by atoms with Gasteiger partial charge in [0.05, 0.1) is 12.1 Å². The van der Waals surface area contributed by atoms with Gasteiger partial charge >= 0.3 is 0 Å². The minimum absolute atomic E-state index is 0.0697. The fourth-order valence-electron chi connectivity index (χ4n) is 6.15. The highest BCUT2D eigenvalue weighted by molar-refractivity contribution is 5.88. The Hall–Kier alpha value is -2.99. The summed E-state index contributed by atoms with van der Waals surface area (Å²) in [7, 11) is 2.06. The quantitative estimate of drug-likeness (QED) is 0.568. The SMILES string of the molecule is CN1[C@@H](c2ccc3c(c2)OCO3)c2[nH]c3ccccc3c2C[C@H]1C(=O)NCCC1CCCCC1. The molecule has 3 aromatic rings. The van der Waals surface area contributed by atoms with Crippen LogP contribution >= 0.6 is 0 Å². The molecule has 0 radical (unpaired) electrons. The Morgan fingerprint density at radius 3 is 2.79 bits per heavy atom. The molecule has 6 nitrogen and oxygen atoms in total. The van der Waals surface area contributed by atoms with Crippen molar-refractivity contribution in [3.63, 3.8) is 0 Å². The highest BCUT2D eigenvalue weighted by Crippen LogP contribution is 2.43. The van der Waals surface area contributed by atoms with Crippen molar-refractivity contribution in [3.05, 3.63) is 59.3 Å². The number of likely N-dealkylation sites (N-methyl/N-ethyl adjacent to an activating group) is 1. The molecular weight excluding hydrogens is 426 g/mol. The van der Waals surface area contributed by atoms with Gasteiger partial charge in [0.25, 0.3) is 0 Å². The van der Waals surface area contributed by atoms with Crippen LogP contribution in [0.1, 0.15) is 61.4 Å². The van der Waals surface area contributed by atoms with E-state index in [1.165, 1.54) is 43.1 Å². The number of carbonyl (C=O) groups excluding carboxylic acids is 1. The standard InChI is InChI=1S/C28H33N3O3/c1-31-23(28(32)29-14-13-18-7-3-2-4-8-18)16-21-20-9-5-6-10-22(20)30-26(21)27(31)19-11-12-24-25(15-19)34-17-33-24/h5-6,9-12,15,18,23,27,30H,2-4,7-8,13-14,16-17H2,1H3,(H,29,32)/t23-,27-/m0/s1. The van der Waals surface area contributed by atoms with E-state index in [9.17, 15) is 4.79 Å². The molecule has 178 valence electrons. The number of H-pyrrole nitrogens is 1. The number of para-hydroxylation sites is 1. The summed E-state index contributed by atoms with van der Waals surface area (Å²) in [6.45, 7) is 1.02. The first-order valence-electron chi connectivity index (χ1n) is 12.7. The Balaban J connectivity index is 1.30. The summed E-state index contributed by atoms with van der Waals surface area (Å²) in [4.78, 5) is 19.4. The summed E-state index contributed by atoms with van der Waals surface area (Å²) < 4.78 is 11.2. The molecule has 2 aromatic carbocycles. The van der Waals surface area contributed by atoms with Crippen molar-refractivity contribution in [2.24, 2.45) is 5.92 Å². The second-order valence-electron chi connectivity index (χ2n) is 10.0. The molecule has 3 heterocycles. The van der Waals surface area contributed by atoms with E-state index in [1.54, 1.807) is 0 Å². The number of carbonyl (C=O) groups is 1. The van der Waals surface area contributed by atoms with Crippen molar-refractivity contribution in [3.8, 4) is 11.5 Å². The number of rotatable bonds is 5. The summed E-state index contributed by atoms with van der Waals surface area (Å²) in [6, 6.07) is 14.2. The molecule has 0 saturated heterocycles. The molecule has 2 N–H and O–H groups in total. The lowest BCUT2D eigenvalue weighted by Crippen LogP contribution is -2.51. The van der Waals surface area contributed by atoms with Gasteiger partial charge in [-0.15, -0.1) is 0 Å². The normalized spacial score (nSPS) is 22.6. The molecule has 1 saturated carbocycles. The number of amides is 1. The molecule has 3 aliphatic rings. The highest BCUT2D eigenvalue weighted by Gasteiger charge is 2.39. The van der Waals surface area contributed by atoms with E-state index in [1.807, 2.05) is 6.07 Å². The fourth-order valence-corrected chi connectivity index (χ4v) is 6.15. The summed E-state index contributed by atoms with van der Waals surface area (Å²) >= 11 is 0.